The Morgan fingerprint density at radius 3 is 1.33 bits per heavy atom. The van der Waals surface area contributed by atoms with Gasteiger partial charge in [0.05, 0.1) is 0 Å². The van der Waals surface area contributed by atoms with Crippen LogP contribution < -0.4 is 0 Å². The van der Waals surface area contributed by atoms with Crippen LogP contribution in [0.2, 0.25) is 0 Å². The molecule has 2 nitrogen and oxygen atoms in total. The Morgan fingerprint density at radius 1 is 0.636 bits per heavy atom. The van der Waals surface area contributed by atoms with E-state index >= 15 is 0 Å². The molecule has 2 aromatic carbocycles. The summed E-state index contributed by atoms with van der Waals surface area (Å²) in [4.78, 5) is 12.4. The van der Waals surface area contributed by atoms with Gasteiger partial charge < -0.3 is 4.90 Å². The number of hydrogen-bond acceptors (Lipinski definition) is 1. The molecular weight excluding hydrogens is 496 g/mol. The average molecular weight is 510 g/mol. The molecule has 1 amide bonds. The molecule has 0 aliphatic carbocycles. The first-order chi connectivity index (χ1) is 15.0. The van der Waals surface area contributed by atoms with Gasteiger partial charge in [-0.1, -0.05) is 60.7 Å². The number of carbonyl (C=O) groups excluding carboxylic acids is 1. The van der Waals surface area contributed by atoms with Crippen molar-refractivity contribution >= 4 is 17.5 Å². The molecule has 182 valence electrons. The first kappa shape index (κ1) is 26.7. The van der Waals surface area contributed by atoms with Gasteiger partial charge in [0.2, 0.25) is 0 Å². The van der Waals surface area contributed by atoms with Crippen LogP contribution in [0.15, 0.2) is 60.7 Å². The van der Waals surface area contributed by atoms with Crippen LogP contribution >= 0.6 is 11.6 Å². The minimum Gasteiger partial charge on any atom is -0.329 e. The highest BCUT2D eigenvalue weighted by molar-refractivity contribution is 6.22. The maximum absolute atomic E-state index is 14.4. The molecule has 0 spiro atoms. The summed E-state index contributed by atoms with van der Waals surface area (Å²) >= 11 is 3.79. The Hall–Kier alpha value is -2.50. The zero-order valence-electron chi connectivity index (χ0n) is 16.2. The fourth-order valence-electron chi connectivity index (χ4n) is 2.71. The second-order valence-corrected chi connectivity index (χ2v) is 7.40. The van der Waals surface area contributed by atoms with Gasteiger partial charge in [-0.25, -0.2) is 0 Å². The summed E-state index contributed by atoms with van der Waals surface area (Å²) < 4.78 is 137. The van der Waals surface area contributed by atoms with Crippen molar-refractivity contribution in [2.45, 2.75) is 42.2 Å². The molecule has 0 saturated heterocycles. The SMILES string of the molecule is O=C(N(Cc1ccccc1)Cc1ccccc1)C(F)(F)C(F)(F)C(F)(F)C(F)(F)C(F)(F)Cl. The summed E-state index contributed by atoms with van der Waals surface area (Å²) in [7, 11) is 0. The number of rotatable bonds is 9. The highest BCUT2D eigenvalue weighted by atomic mass is 35.5. The molecule has 0 heterocycles. The molecule has 2 aromatic rings. The Bertz CT molecular complexity index is 907. The number of benzene rings is 2. The minimum atomic E-state index is -7.41. The Labute approximate surface area is 185 Å². The molecule has 0 N–H and O–H groups in total. The molecule has 0 radical (unpaired) electrons. The monoisotopic (exact) mass is 509 g/mol. The van der Waals surface area contributed by atoms with Gasteiger partial charge in [0.1, 0.15) is 0 Å². The Kier molecular flexibility index (Phi) is 7.32. The van der Waals surface area contributed by atoms with Crippen molar-refractivity contribution in [2.75, 3.05) is 0 Å². The van der Waals surface area contributed by atoms with E-state index < -0.39 is 48.1 Å². The van der Waals surface area contributed by atoms with Crippen LogP contribution in [0.25, 0.3) is 0 Å². The third kappa shape index (κ3) is 4.90. The summed E-state index contributed by atoms with van der Waals surface area (Å²) in [5, 5.41) is -6.33. The lowest BCUT2D eigenvalue weighted by atomic mass is 9.97. The van der Waals surface area contributed by atoms with Gasteiger partial charge in [-0.15, -0.1) is 0 Å². The van der Waals surface area contributed by atoms with Crippen LogP contribution in [0.1, 0.15) is 11.1 Å². The Balaban J connectivity index is 2.49. The number of amides is 1. The van der Waals surface area contributed by atoms with E-state index in [-0.39, 0.29) is 16.0 Å². The molecule has 0 aromatic heterocycles. The molecule has 2 rings (SSSR count). The maximum Gasteiger partial charge on any atom is 0.393 e. The topological polar surface area (TPSA) is 20.3 Å². The van der Waals surface area contributed by atoms with Crippen molar-refractivity contribution < 1.29 is 48.7 Å². The van der Waals surface area contributed by atoms with E-state index in [2.05, 4.69) is 11.6 Å². The molecule has 33 heavy (non-hydrogen) atoms. The molecule has 0 atom stereocenters. The largest absolute Gasteiger partial charge is 0.393 e. The van der Waals surface area contributed by atoms with Gasteiger partial charge in [0.15, 0.2) is 0 Å². The number of halogens is 11. The lowest BCUT2D eigenvalue weighted by Crippen LogP contribution is -2.69. The van der Waals surface area contributed by atoms with Crippen LogP contribution in [0, 0.1) is 0 Å². The van der Waals surface area contributed by atoms with Crippen LogP contribution in [0.3, 0.4) is 0 Å². The van der Waals surface area contributed by atoms with E-state index in [0.717, 1.165) is 0 Å². The number of carbonyl (C=O) groups is 1. The molecule has 0 saturated carbocycles. The van der Waals surface area contributed by atoms with Crippen molar-refractivity contribution in [3.8, 4) is 0 Å². The van der Waals surface area contributed by atoms with Gasteiger partial charge >= 0.3 is 35.0 Å². The predicted molar refractivity (Wildman–Crippen MR) is 97.7 cm³/mol. The lowest BCUT2D eigenvalue weighted by molar-refractivity contribution is -0.383. The van der Waals surface area contributed by atoms with Gasteiger partial charge in [0, 0.05) is 13.1 Å². The average Bonchev–Trinajstić information content (AvgIpc) is 2.73. The number of nitrogens with zero attached hydrogens (tertiary/aromatic N) is 1. The second kappa shape index (κ2) is 9.03. The summed E-state index contributed by atoms with van der Waals surface area (Å²) in [5.41, 5.74) is 0.204. The van der Waals surface area contributed by atoms with Crippen LogP contribution in [0.5, 0.6) is 0 Å². The first-order valence-corrected chi connectivity index (χ1v) is 9.30. The van der Waals surface area contributed by atoms with Gasteiger partial charge in [-0.05, 0) is 22.7 Å². The third-order valence-corrected chi connectivity index (χ3v) is 4.76. The highest BCUT2D eigenvalue weighted by Gasteiger charge is 2.87. The summed E-state index contributed by atoms with van der Waals surface area (Å²) in [6, 6.07) is 13.7. The predicted octanol–water partition coefficient (Wildman–Crippen LogP) is 6.59. The lowest BCUT2D eigenvalue weighted by Gasteiger charge is -2.38. The molecule has 0 unspecified atom stereocenters. The number of hydrogen-bond donors (Lipinski definition) is 0. The van der Waals surface area contributed by atoms with Crippen molar-refractivity contribution in [2.24, 2.45) is 0 Å². The maximum atomic E-state index is 14.4. The summed E-state index contributed by atoms with van der Waals surface area (Å²) in [5.74, 6) is -31.3. The molecule has 13 heteroatoms. The van der Waals surface area contributed by atoms with E-state index in [4.69, 9.17) is 0 Å². The van der Waals surface area contributed by atoms with Crippen molar-refractivity contribution in [1.29, 1.82) is 0 Å². The first-order valence-electron chi connectivity index (χ1n) is 8.92. The molecule has 0 aliphatic heterocycles. The van der Waals surface area contributed by atoms with Crippen LogP contribution in [0.4, 0.5) is 43.9 Å². The molecule has 0 fully saturated rings. The van der Waals surface area contributed by atoms with Gasteiger partial charge in [-0.3, -0.25) is 4.79 Å². The third-order valence-electron chi connectivity index (χ3n) is 4.53. The summed E-state index contributed by atoms with van der Waals surface area (Å²) in [6.45, 7) is -1.62. The number of alkyl halides is 11. The van der Waals surface area contributed by atoms with Crippen molar-refractivity contribution in [3.05, 3.63) is 71.8 Å². The highest BCUT2D eigenvalue weighted by Crippen LogP contribution is 2.58. The molecular formula is C20H14ClF10NO. The van der Waals surface area contributed by atoms with Crippen molar-refractivity contribution in [3.63, 3.8) is 0 Å². The van der Waals surface area contributed by atoms with E-state index in [9.17, 15) is 48.7 Å². The second-order valence-electron chi connectivity index (χ2n) is 6.93. The van der Waals surface area contributed by atoms with E-state index in [1.54, 1.807) is 0 Å². The zero-order chi connectivity index (χ0) is 25.3. The molecule has 0 bridgehead atoms. The van der Waals surface area contributed by atoms with Gasteiger partial charge in [-0.2, -0.15) is 43.9 Å². The van der Waals surface area contributed by atoms with E-state index in [1.165, 1.54) is 60.7 Å². The van der Waals surface area contributed by atoms with Gasteiger partial charge in [0.25, 0.3) is 0 Å². The fraction of sp³-hybridized carbons (Fsp3) is 0.350. The standard InChI is InChI=1S/C20H14ClF10NO/c21-20(30,31)19(28,29)18(26,27)17(24,25)16(22,23)15(33)32(11-13-7-3-1-4-8-13)12-14-9-5-2-6-10-14/h1-10H,11-12H2. The quantitative estimate of drug-likeness (QED) is 0.276. The Morgan fingerprint density at radius 2 is 1.00 bits per heavy atom. The van der Waals surface area contributed by atoms with Crippen molar-refractivity contribution in [1.82, 2.24) is 4.90 Å². The molecule has 0 aliphatic rings. The van der Waals surface area contributed by atoms with Crippen LogP contribution in [-0.2, 0) is 17.9 Å². The minimum absolute atomic E-state index is 0.0195. The van der Waals surface area contributed by atoms with Crippen LogP contribution in [-0.4, -0.2) is 39.9 Å². The fourth-order valence-corrected chi connectivity index (χ4v) is 2.83. The summed E-state index contributed by atoms with van der Waals surface area (Å²) in [6.07, 6.45) is 0. The normalized spacial score (nSPS) is 13.7. The van der Waals surface area contributed by atoms with E-state index in [1.807, 2.05) is 0 Å². The van der Waals surface area contributed by atoms with E-state index in [0.29, 0.717) is 0 Å². The smallest absolute Gasteiger partial charge is 0.329 e. The zero-order valence-corrected chi connectivity index (χ0v) is 17.0.